The molecule has 0 N–H and O–H groups in total. The fraction of sp³-hybridized carbons (Fsp3) is 0.533. The van der Waals surface area contributed by atoms with Gasteiger partial charge >= 0.3 is 0 Å². The van der Waals surface area contributed by atoms with Gasteiger partial charge in [-0.05, 0) is 47.4 Å². The summed E-state index contributed by atoms with van der Waals surface area (Å²) in [6.07, 6.45) is 1.85. The summed E-state index contributed by atoms with van der Waals surface area (Å²) in [4.78, 5) is 2.16. The predicted molar refractivity (Wildman–Crippen MR) is 87.9 cm³/mol. The first-order chi connectivity index (χ1) is 9.16. The molecule has 1 aromatic heterocycles. The third-order valence-corrected chi connectivity index (χ3v) is 3.90. The van der Waals surface area contributed by atoms with Gasteiger partial charge in [0.05, 0.1) is 17.3 Å². The van der Waals surface area contributed by atoms with Crippen molar-refractivity contribution in [3.63, 3.8) is 0 Å². The smallest absolute Gasteiger partial charge is 0.115 e. The van der Waals surface area contributed by atoms with Gasteiger partial charge in [-0.3, -0.25) is 4.68 Å². The minimum Gasteiger partial charge on any atom is -0.307 e. The number of likely N-dealkylation sites (N-methyl/N-ethyl adjacent to an activating group) is 1. The molecule has 5 heteroatoms. The highest BCUT2D eigenvalue weighted by Crippen LogP contribution is 2.24. The van der Waals surface area contributed by atoms with Crippen LogP contribution < -0.4 is 10.9 Å². The minimum absolute atomic E-state index is 0.135. The van der Waals surface area contributed by atoms with E-state index < -0.39 is 0 Å². The zero-order valence-electron chi connectivity index (χ0n) is 13.3. The maximum Gasteiger partial charge on any atom is 0.115 e. The highest BCUT2D eigenvalue weighted by Gasteiger charge is 2.25. The second-order valence-electron chi connectivity index (χ2n) is 6.45. The Morgan fingerprint density at radius 2 is 1.75 bits per heavy atom. The van der Waals surface area contributed by atoms with Gasteiger partial charge in [-0.25, -0.2) is 0 Å². The molecule has 0 aliphatic carbocycles. The Morgan fingerprint density at radius 1 is 1.15 bits per heavy atom. The molecule has 0 atom stereocenters. The first kappa shape index (κ1) is 15.2. The van der Waals surface area contributed by atoms with Crippen LogP contribution in [-0.2, 0) is 5.54 Å². The van der Waals surface area contributed by atoms with Crippen LogP contribution in [0.1, 0.15) is 25.0 Å². The lowest BCUT2D eigenvalue weighted by Gasteiger charge is -2.30. The summed E-state index contributed by atoms with van der Waals surface area (Å²) in [6, 6.07) is 0. The van der Waals surface area contributed by atoms with Crippen LogP contribution in [0.5, 0.6) is 0 Å². The molecule has 0 saturated heterocycles. The van der Waals surface area contributed by atoms with Crippen molar-refractivity contribution in [2.75, 3.05) is 20.6 Å². The van der Waals surface area contributed by atoms with E-state index in [9.17, 15) is 0 Å². The molecule has 2 rings (SSSR count). The zero-order chi connectivity index (χ0) is 15.2. The SMILES string of the molecule is [B]c1c(C)c([B])c2cnn(C(C)(C)CN(C)C)c2c1C. The van der Waals surface area contributed by atoms with E-state index in [0.29, 0.717) is 0 Å². The summed E-state index contributed by atoms with van der Waals surface area (Å²) in [7, 11) is 16.5. The summed E-state index contributed by atoms with van der Waals surface area (Å²) in [5.41, 5.74) is 4.39. The zero-order valence-corrected chi connectivity index (χ0v) is 13.3. The molecule has 4 radical (unpaired) electrons. The number of hydrogen-bond acceptors (Lipinski definition) is 2. The Kier molecular flexibility index (Phi) is 3.76. The average molecular weight is 265 g/mol. The van der Waals surface area contributed by atoms with Crippen molar-refractivity contribution >= 4 is 37.5 Å². The van der Waals surface area contributed by atoms with Crippen molar-refractivity contribution in [2.45, 2.75) is 33.2 Å². The first-order valence-electron chi connectivity index (χ1n) is 6.84. The Labute approximate surface area is 124 Å². The molecule has 0 aliphatic heterocycles. The fourth-order valence-electron chi connectivity index (χ4n) is 2.96. The normalized spacial score (nSPS) is 12.6. The van der Waals surface area contributed by atoms with Gasteiger partial charge in [-0.15, -0.1) is 0 Å². The number of fused-ring (bicyclic) bond motifs is 1. The molecule has 20 heavy (non-hydrogen) atoms. The third-order valence-electron chi connectivity index (χ3n) is 3.90. The number of aromatic nitrogens is 2. The van der Waals surface area contributed by atoms with E-state index in [1.165, 1.54) is 0 Å². The van der Waals surface area contributed by atoms with Crippen LogP contribution >= 0.6 is 0 Å². The number of benzene rings is 1. The lowest BCUT2D eigenvalue weighted by Crippen LogP contribution is -2.39. The van der Waals surface area contributed by atoms with E-state index in [1.807, 2.05) is 24.7 Å². The molecular weight excluding hydrogens is 244 g/mol. The van der Waals surface area contributed by atoms with Crippen LogP contribution in [0.15, 0.2) is 6.20 Å². The van der Waals surface area contributed by atoms with Crippen LogP contribution in [0, 0.1) is 13.8 Å². The van der Waals surface area contributed by atoms with Crippen molar-refractivity contribution < 1.29 is 0 Å². The summed E-state index contributed by atoms with van der Waals surface area (Å²) < 4.78 is 2.05. The van der Waals surface area contributed by atoms with E-state index in [0.717, 1.165) is 39.5 Å². The Balaban J connectivity index is 2.75. The molecule has 0 saturated carbocycles. The van der Waals surface area contributed by atoms with E-state index in [-0.39, 0.29) is 5.54 Å². The van der Waals surface area contributed by atoms with Crippen molar-refractivity contribution in [3.05, 3.63) is 17.3 Å². The van der Waals surface area contributed by atoms with Gasteiger partial charge in [-0.1, -0.05) is 16.5 Å². The second-order valence-corrected chi connectivity index (χ2v) is 6.45. The summed E-state index contributed by atoms with van der Waals surface area (Å²) >= 11 is 0. The molecule has 3 nitrogen and oxygen atoms in total. The van der Waals surface area contributed by atoms with Crippen LogP contribution in [0.25, 0.3) is 10.9 Å². The Morgan fingerprint density at radius 3 is 2.30 bits per heavy atom. The summed E-state index contributed by atoms with van der Waals surface area (Å²) in [6.45, 7) is 9.22. The van der Waals surface area contributed by atoms with Gasteiger partial charge in [0.2, 0.25) is 0 Å². The van der Waals surface area contributed by atoms with E-state index in [2.05, 4.69) is 37.9 Å². The molecule has 1 heterocycles. The molecule has 2 aromatic rings. The number of rotatable bonds is 3. The van der Waals surface area contributed by atoms with Gasteiger partial charge in [0.15, 0.2) is 0 Å². The van der Waals surface area contributed by atoms with Crippen molar-refractivity contribution in [2.24, 2.45) is 0 Å². The van der Waals surface area contributed by atoms with E-state index in [4.69, 9.17) is 15.7 Å². The largest absolute Gasteiger partial charge is 0.307 e. The van der Waals surface area contributed by atoms with Gasteiger partial charge in [-0.2, -0.15) is 5.10 Å². The highest BCUT2D eigenvalue weighted by atomic mass is 15.3. The van der Waals surface area contributed by atoms with E-state index >= 15 is 0 Å². The molecule has 102 valence electrons. The highest BCUT2D eigenvalue weighted by molar-refractivity contribution is 6.45. The third kappa shape index (κ3) is 2.28. The number of aryl methyl sites for hydroxylation is 1. The molecule has 0 bridgehead atoms. The van der Waals surface area contributed by atoms with Gasteiger partial charge < -0.3 is 4.90 Å². The molecular formula is C15H21B2N3. The van der Waals surface area contributed by atoms with Crippen LogP contribution in [0.2, 0.25) is 0 Å². The number of hydrogen-bond donors (Lipinski definition) is 0. The summed E-state index contributed by atoms with van der Waals surface area (Å²) in [5, 5.41) is 5.57. The van der Waals surface area contributed by atoms with Crippen LogP contribution in [0.3, 0.4) is 0 Å². The standard InChI is InChI=1S/C15H21B2N3/c1-9-12(16)10(2)14-11(13(9)17)7-18-20(14)15(3,4)8-19(5)6/h7H,8H2,1-6H3. The predicted octanol–water partition coefficient (Wildman–Crippen LogP) is 0.537. The lowest BCUT2D eigenvalue weighted by atomic mass is 9.77. The summed E-state index contributed by atoms with van der Waals surface area (Å²) in [5.74, 6) is 0. The molecule has 0 amide bonds. The second kappa shape index (κ2) is 4.96. The monoisotopic (exact) mass is 265 g/mol. The Hall–Kier alpha value is -1.22. The van der Waals surface area contributed by atoms with Crippen molar-refractivity contribution in [1.82, 2.24) is 14.7 Å². The van der Waals surface area contributed by atoms with Crippen LogP contribution in [0.4, 0.5) is 0 Å². The molecule has 0 aliphatic rings. The lowest BCUT2D eigenvalue weighted by molar-refractivity contribution is 0.229. The average Bonchev–Trinajstić information content (AvgIpc) is 2.77. The van der Waals surface area contributed by atoms with Gasteiger partial charge in [0, 0.05) is 11.9 Å². The van der Waals surface area contributed by atoms with Crippen molar-refractivity contribution in [1.29, 1.82) is 0 Å². The molecule has 0 spiro atoms. The first-order valence-corrected chi connectivity index (χ1v) is 6.84. The molecule has 1 aromatic carbocycles. The van der Waals surface area contributed by atoms with Gasteiger partial charge in [0.25, 0.3) is 0 Å². The maximum atomic E-state index is 6.20. The fourth-order valence-corrected chi connectivity index (χ4v) is 2.96. The van der Waals surface area contributed by atoms with Crippen molar-refractivity contribution in [3.8, 4) is 0 Å². The molecule has 0 unspecified atom stereocenters. The quantitative estimate of drug-likeness (QED) is 0.755. The van der Waals surface area contributed by atoms with E-state index in [1.54, 1.807) is 0 Å². The molecule has 0 fully saturated rings. The Bertz CT molecular complexity index is 657. The van der Waals surface area contributed by atoms with Gasteiger partial charge in [0.1, 0.15) is 15.7 Å². The maximum absolute atomic E-state index is 6.20. The van der Waals surface area contributed by atoms with Crippen LogP contribution in [-0.4, -0.2) is 51.0 Å². The minimum atomic E-state index is -0.135. The number of nitrogens with zero attached hydrogens (tertiary/aromatic N) is 3. The topological polar surface area (TPSA) is 21.1 Å².